The van der Waals surface area contributed by atoms with Crippen molar-refractivity contribution in [1.82, 2.24) is 0 Å². The molecule has 0 saturated heterocycles. The van der Waals surface area contributed by atoms with Gasteiger partial charge in [0.05, 0.1) is 5.02 Å². The second kappa shape index (κ2) is 4.85. The third kappa shape index (κ3) is 3.35. The maximum absolute atomic E-state index is 13.0. The quantitative estimate of drug-likeness (QED) is 0.796. The van der Waals surface area contributed by atoms with Gasteiger partial charge in [0.15, 0.2) is 0 Å². The number of hydrogen-bond donors (Lipinski definition) is 1. The van der Waals surface area contributed by atoms with Gasteiger partial charge in [-0.25, -0.2) is 4.39 Å². The van der Waals surface area contributed by atoms with Crippen molar-refractivity contribution in [3.05, 3.63) is 29.0 Å². The Morgan fingerprint density at radius 3 is 2.53 bits per heavy atom. The van der Waals surface area contributed by atoms with Crippen molar-refractivity contribution in [3.63, 3.8) is 0 Å². The van der Waals surface area contributed by atoms with Crippen molar-refractivity contribution in [3.8, 4) is 0 Å². The molecule has 1 aromatic carbocycles. The predicted octanol–water partition coefficient (Wildman–Crippen LogP) is 4.86. The van der Waals surface area contributed by atoms with E-state index in [1.54, 1.807) is 12.1 Å². The standard InChI is InChI=1S/C14H19ClFN/c1-14(2)7-5-10(6-8-14)17-11-3-4-13(16)12(15)9-11/h3-4,9-10,17H,5-8H2,1-2H3. The summed E-state index contributed by atoms with van der Waals surface area (Å²) in [7, 11) is 0. The monoisotopic (exact) mass is 255 g/mol. The summed E-state index contributed by atoms with van der Waals surface area (Å²) in [5.41, 5.74) is 1.39. The summed E-state index contributed by atoms with van der Waals surface area (Å²) in [5.74, 6) is -0.359. The summed E-state index contributed by atoms with van der Waals surface area (Å²) in [4.78, 5) is 0. The van der Waals surface area contributed by atoms with Gasteiger partial charge in [-0.15, -0.1) is 0 Å². The van der Waals surface area contributed by atoms with Crippen LogP contribution in [0.5, 0.6) is 0 Å². The first kappa shape index (κ1) is 12.7. The predicted molar refractivity (Wildman–Crippen MR) is 71.1 cm³/mol. The molecule has 1 aliphatic rings. The Labute approximate surface area is 107 Å². The zero-order chi connectivity index (χ0) is 12.5. The molecule has 0 radical (unpaired) electrons. The molecule has 0 aliphatic heterocycles. The van der Waals surface area contributed by atoms with Crippen molar-refractivity contribution >= 4 is 17.3 Å². The number of benzene rings is 1. The number of halogens is 2. The van der Waals surface area contributed by atoms with Gasteiger partial charge >= 0.3 is 0 Å². The van der Waals surface area contributed by atoms with E-state index in [2.05, 4.69) is 19.2 Å². The van der Waals surface area contributed by atoms with Gasteiger partial charge in [-0.2, -0.15) is 0 Å². The highest BCUT2D eigenvalue weighted by Gasteiger charge is 2.26. The summed E-state index contributed by atoms with van der Waals surface area (Å²) < 4.78 is 13.0. The van der Waals surface area contributed by atoms with Crippen LogP contribution in [-0.4, -0.2) is 6.04 Å². The molecule has 2 rings (SSSR count). The van der Waals surface area contributed by atoms with E-state index in [1.807, 2.05) is 0 Å². The highest BCUT2D eigenvalue weighted by atomic mass is 35.5. The van der Waals surface area contributed by atoms with E-state index in [0.29, 0.717) is 11.5 Å². The van der Waals surface area contributed by atoms with Gasteiger partial charge in [-0.3, -0.25) is 0 Å². The van der Waals surface area contributed by atoms with Crippen LogP contribution in [-0.2, 0) is 0 Å². The fraction of sp³-hybridized carbons (Fsp3) is 0.571. The largest absolute Gasteiger partial charge is 0.382 e. The lowest BCUT2D eigenvalue weighted by Gasteiger charge is -2.35. The maximum Gasteiger partial charge on any atom is 0.141 e. The minimum absolute atomic E-state index is 0.186. The van der Waals surface area contributed by atoms with Crippen LogP contribution in [0.1, 0.15) is 39.5 Å². The van der Waals surface area contributed by atoms with Crippen LogP contribution in [0, 0.1) is 11.2 Å². The fourth-order valence-electron chi connectivity index (χ4n) is 2.37. The Morgan fingerprint density at radius 1 is 1.29 bits per heavy atom. The second-order valence-electron chi connectivity index (χ2n) is 5.71. The Bertz CT molecular complexity index is 393. The van der Waals surface area contributed by atoms with E-state index in [-0.39, 0.29) is 10.8 Å². The summed E-state index contributed by atoms with van der Waals surface area (Å²) in [6.45, 7) is 4.63. The maximum atomic E-state index is 13.0. The summed E-state index contributed by atoms with van der Waals surface area (Å²) in [6.07, 6.45) is 4.81. The van der Waals surface area contributed by atoms with E-state index in [1.165, 1.54) is 31.7 Å². The second-order valence-corrected chi connectivity index (χ2v) is 6.12. The molecule has 1 fully saturated rings. The van der Waals surface area contributed by atoms with Crippen molar-refractivity contribution in [2.24, 2.45) is 5.41 Å². The summed E-state index contributed by atoms with van der Waals surface area (Å²) >= 11 is 5.76. The van der Waals surface area contributed by atoms with Gasteiger partial charge in [-0.1, -0.05) is 25.4 Å². The summed E-state index contributed by atoms with van der Waals surface area (Å²) in [5, 5.41) is 3.62. The lowest BCUT2D eigenvalue weighted by molar-refractivity contribution is 0.232. The van der Waals surface area contributed by atoms with Crippen LogP contribution in [0.3, 0.4) is 0 Å². The first-order valence-corrected chi connectivity index (χ1v) is 6.56. The lowest BCUT2D eigenvalue weighted by atomic mass is 9.75. The Hall–Kier alpha value is -0.760. The number of anilines is 1. The molecular weight excluding hydrogens is 237 g/mol. The Balaban J connectivity index is 1.95. The minimum Gasteiger partial charge on any atom is -0.382 e. The number of hydrogen-bond acceptors (Lipinski definition) is 1. The van der Waals surface area contributed by atoms with E-state index in [0.717, 1.165) is 5.69 Å². The van der Waals surface area contributed by atoms with Crippen LogP contribution < -0.4 is 5.32 Å². The third-order valence-electron chi connectivity index (χ3n) is 3.63. The van der Waals surface area contributed by atoms with Crippen molar-refractivity contribution < 1.29 is 4.39 Å². The molecule has 94 valence electrons. The molecule has 0 unspecified atom stereocenters. The smallest absolute Gasteiger partial charge is 0.141 e. The molecule has 1 N–H and O–H groups in total. The average Bonchev–Trinajstić information content (AvgIpc) is 2.27. The molecule has 17 heavy (non-hydrogen) atoms. The van der Waals surface area contributed by atoms with Gasteiger partial charge in [0, 0.05) is 11.7 Å². The Morgan fingerprint density at radius 2 is 1.94 bits per heavy atom. The fourth-order valence-corrected chi connectivity index (χ4v) is 2.55. The number of nitrogens with one attached hydrogen (secondary N) is 1. The molecule has 0 atom stereocenters. The van der Waals surface area contributed by atoms with Crippen molar-refractivity contribution in [1.29, 1.82) is 0 Å². The zero-order valence-corrected chi connectivity index (χ0v) is 11.1. The lowest BCUT2D eigenvalue weighted by Crippen LogP contribution is -2.29. The molecule has 3 heteroatoms. The first-order chi connectivity index (χ1) is 7.96. The normalized spacial score (nSPS) is 20.2. The topological polar surface area (TPSA) is 12.0 Å². The van der Waals surface area contributed by atoms with Crippen LogP contribution in [0.15, 0.2) is 18.2 Å². The zero-order valence-electron chi connectivity index (χ0n) is 10.4. The van der Waals surface area contributed by atoms with Crippen LogP contribution >= 0.6 is 11.6 Å². The first-order valence-electron chi connectivity index (χ1n) is 6.18. The molecule has 0 bridgehead atoms. The molecule has 1 nitrogen and oxygen atoms in total. The van der Waals surface area contributed by atoms with Gasteiger partial charge in [0.25, 0.3) is 0 Å². The number of rotatable bonds is 2. The van der Waals surface area contributed by atoms with E-state index >= 15 is 0 Å². The highest BCUT2D eigenvalue weighted by molar-refractivity contribution is 6.31. The van der Waals surface area contributed by atoms with Crippen molar-refractivity contribution in [2.75, 3.05) is 5.32 Å². The van der Waals surface area contributed by atoms with Crippen LogP contribution in [0.2, 0.25) is 5.02 Å². The highest BCUT2D eigenvalue weighted by Crippen LogP contribution is 2.36. The van der Waals surface area contributed by atoms with Gasteiger partial charge in [0.1, 0.15) is 5.82 Å². The molecule has 1 aliphatic carbocycles. The molecule has 0 amide bonds. The van der Waals surface area contributed by atoms with Crippen molar-refractivity contribution in [2.45, 2.75) is 45.6 Å². The molecule has 0 heterocycles. The van der Waals surface area contributed by atoms with Gasteiger partial charge in [-0.05, 0) is 49.3 Å². The van der Waals surface area contributed by atoms with Crippen LogP contribution in [0.4, 0.5) is 10.1 Å². The molecule has 1 saturated carbocycles. The van der Waals surface area contributed by atoms with E-state index in [4.69, 9.17) is 11.6 Å². The van der Waals surface area contributed by atoms with Gasteiger partial charge < -0.3 is 5.32 Å². The molecule has 1 aromatic rings. The Kier molecular flexibility index (Phi) is 3.62. The van der Waals surface area contributed by atoms with E-state index < -0.39 is 0 Å². The molecular formula is C14H19ClFN. The minimum atomic E-state index is -0.359. The van der Waals surface area contributed by atoms with E-state index in [9.17, 15) is 4.39 Å². The summed E-state index contributed by atoms with van der Waals surface area (Å²) in [6, 6.07) is 5.32. The van der Waals surface area contributed by atoms with Gasteiger partial charge in [0.2, 0.25) is 0 Å². The molecule has 0 aromatic heterocycles. The third-order valence-corrected chi connectivity index (χ3v) is 3.92. The molecule has 0 spiro atoms. The SMILES string of the molecule is CC1(C)CCC(Nc2ccc(F)c(Cl)c2)CC1. The average molecular weight is 256 g/mol. The van der Waals surface area contributed by atoms with Crippen LogP contribution in [0.25, 0.3) is 0 Å².